The van der Waals surface area contributed by atoms with E-state index >= 15 is 0 Å². The van der Waals surface area contributed by atoms with Crippen LogP contribution in [0.2, 0.25) is 0 Å². The third-order valence-electron chi connectivity index (χ3n) is 7.39. The number of likely N-dealkylation sites (N-methyl/N-ethyl adjacent to an activating group) is 3. The molecule has 0 radical (unpaired) electrons. The van der Waals surface area contributed by atoms with Crippen LogP contribution in [-0.4, -0.2) is 95.2 Å². The summed E-state index contributed by atoms with van der Waals surface area (Å²) in [6, 6.07) is 5.12. The minimum Gasteiger partial charge on any atom is -0.458 e. The van der Waals surface area contributed by atoms with Gasteiger partial charge in [0.05, 0.1) is 0 Å². The molecule has 10 nitrogen and oxygen atoms in total. The molecular formula is C34H56N4O6. The van der Waals surface area contributed by atoms with Gasteiger partial charge in [0.2, 0.25) is 17.7 Å². The van der Waals surface area contributed by atoms with Gasteiger partial charge in [-0.1, -0.05) is 59.7 Å². The van der Waals surface area contributed by atoms with E-state index in [1.165, 1.54) is 14.7 Å². The molecule has 10 heteroatoms. The molecule has 0 aliphatic rings. The number of ether oxygens (including phenoxy) is 1. The first-order valence-corrected chi connectivity index (χ1v) is 15.6. The molecule has 0 heterocycles. The Morgan fingerprint density at radius 1 is 0.705 bits per heavy atom. The Labute approximate surface area is 264 Å². The van der Waals surface area contributed by atoms with E-state index in [9.17, 15) is 24.0 Å². The highest BCUT2D eigenvalue weighted by molar-refractivity contribution is 5.98. The summed E-state index contributed by atoms with van der Waals surface area (Å²) in [5.41, 5.74) is -0.300. The number of rotatable bonds is 14. The topological polar surface area (TPSA) is 116 Å². The molecule has 0 aromatic heterocycles. The maximum Gasteiger partial charge on any atom is 0.329 e. The molecule has 1 N–H and O–H groups in total. The monoisotopic (exact) mass is 616 g/mol. The van der Waals surface area contributed by atoms with Gasteiger partial charge in [-0.3, -0.25) is 19.2 Å². The minimum absolute atomic E-state index is 0.0567. The Bertz CT molecular complexity index is 1130. The number of nitrogens with one attached hydrogen (secondary N) is 1. The maximum atomic E-state index is 14.1. The van der Waals surface area contributed by atoms with Crippen LogP contribution >= 0.6 is 0 Å². The molecular weight excluding hydrogens is 560 g/mol. The van der Waals surface area contributed by atoms with Crippen molar-refractivity contribution in [3.8, 4) is 0 Å². The van der Waals surface area contributed by atoms with Crippen molar-refractivity contribution >= 4 is 29.6 Å². The molecule has 0 bridgehead atoms. The summed E-state index contributed by atoms with van der Waals surface area (Å²) in [6.07, 6.45) is 0.718. The lowest BCUT2D eigenvalue weighted by Gasteiger charge is -2.39. The zero-order valence-corrected chi connectivity index (χ0v) is 29.1. The van der Waals surface area contributed by atoms with Gasteiger partial charge in [-0.2, -0.15) is 0 Å². The summed E-state index contributed by atoms with van der Waals surface area (Å²) in [5, 5.41) is 2.73. The lowest BCUT2D eigenvalue weighted by Crippen LogP contribution is -2.59. The standard InChI is InChI=1S/C34H56N4O6/c1-21(2)19-26(36(11)30(40)24(7)35-29(39)25-17-15-14-16-18-25)31(41)37(12)27(20-22(3)4)32(42)38(13)28(23(5)6)33(43)44-34(8,9)10/h14-18,21-24,26-28H,19-20H2,1-13H3,(H,35,39)/t24-,26-,27-,28-/m0/s1. The molecule has 44 heavy (non-hydrogen) atoms. The van der Waals surface area contributed by atoms with Crippen LogP contribution in [0.5, 0.6) is 0 Å². The Hall–Kier alpha value is -3.43. The van der Waals surface area contributed by atoms with Crippen molar-refractivity contribution in [1.82, 2.24) is 20.0 Å². The van der Waals surface area contributed by atoms with Gasteiger partial charge in [-0.15, -0.1) is 0 Å². The van der Waals surface area contributed by atoms with Crippen molar-refractivity contribution in [3.05, 3.63) is 35.9 Å². The molecule has 0 saturated heterocycles. The molecule has 248 valence electrons. The number of nitrogens with zero attached hydrogens (tertiary/aromatic N) is 3. The third-order valence-corrected chi connectivity index (χ3v) is 7.39. The lowest BCUT2D eigenvalue weighted by atomic mass is 9.96. The Morgan fingerprint density at radius 2 is 1.14 bits per heavy atom. The first kappa shape index (κ1) is 38.6. The van der Waals surface area contributed by atoms with Crippen molar-refractivity contribution in [2.45, 2.75) is 112 Å². The first-order valence-electron chi connectivity index (χ1n) is 15.6. The average molecular weight is 617 g/mol. The van der Waals surface area contributed by atoms with E-state index < -0.39 is 41.6 Å². The quantitative estimate of drug-likeness (QED) is 0.310. The normalized spacial score (nSPS) is 14.5. The number of carbonyl (C=O) groups is 5. The molecule has 1 rings (SSSR count). The highest BCUT2D eigenvalue weighted by Gasteiger charge is 2.41. The SMILES string of the molecule is CC(C)C[C@@H](C(=O)N(C)[C@@H](CC(C)C)C(=O)N(C)[C@H](C(=O)OC(C)(C)C)C(C)C)N(C)C(=O)[C@H](C)NC(=O)c1ccccc1. The number of carbonyl (C=O) groups excluding carboxylic acids is 5. The molecule has 4 atom stereocenters. The van der Waals surface area contributed by atoms with Crippen LogP contribution in [0.1, 0.15) is 92.4 Å². The van der Waals surface area contributed by atoms with E-state index in [0.29, 0.717) is 18.4 Å². The smallest absolute Gasteiger partial charge is 0.329 e. The van der Waals surface area contributed by atoms with Crippen LogP contribution in [0, 0.1) is 17.8 Å². The molecule has 0 saturated carbocycles. The number of hydrogen-bond acceptors (Lipinski definition) is 6. The predicted octanol–water partition coefficient (Wildman–Crippen LogP) is 4.38. The zero-order valence-electron chi connectivity index (χ0n) is 29.1. The zero-order chi connectivity index (χ0) is 34.1. The number of esters is 1. The lowest BCUT2D eigenvalue weighted by molar-refractivity contribution is -0.167. The van der Waals surface area contributed by atoms with Gasteiger partial charge in [-0.25, -0.2) is 4.79 Å². The van der Waals surface area contributed by atoms with Crippen LogP contribution in [0.15, 0.2) is 30.3 Å². The Kier molecular flexibility index (Phi) is 14.6. The largest absolute Gasteiger partial charge is 0.458 e. The average Bonchev–Trinajstić information content (AvgIpc) is 2.91. The molecule has 0 unspecified atom stereocenters. The summed E-state index contributed by atoms with van der Waals surface area (Å²) in [6.45, 7) is 18.5. The van der Waals surface area contributed by atoms with Crippen LogP contribution in [-0.2, 0) is 23.9 Å². The summed E-state index contributed by atoms with van der Waals surface area (Å²) in [4.78, 5) is 71.7. The van der Waals surface area contributed by atoms with Crippen LogP contribution in [0.3, 0.4) is 0 Å². The van der Waals surface area contributed by atoms with E-state index in [0.717, 1.165) is 0 Å². The fourth-order valence-electron chi connectivity index (χ4n) is 5.13. The fourth-order valence-corrected chi connectivity index (χ4v) is 5.13. The summed E-state index contributed by atoms with van der Waals surface area (Å²) in [5.74, 6) is -2.19. The van der Waals surface area contributed by atoms with Crippen molar-refractivity contribution in [3.63, 3.8) is 0 Å². The van der Waals surface area contributed by atoms with Crippen LogP contribution in [0.4, 0.5) is 0 Å². The molecule has 1 aromatic carbocycles. The van der Waals surface area contributed by atoms with Gasteiger partial charge in [-0.05, 0) is 70.4 Å². The van der Waals surface area contributed by atoms with Crippen molar-refractivity contribution in [2.24, 2.45) is 17.8 Å². The van der Waals surface area contributed by atoms with Crippen LogP contribution in [0.25, 0.3) is 0 Å². The number of hydrogen-bond donors (Lipinski definition) is 1. The van der Waals surface area contributed by atoms with Crippen LogP contribution < -0.4 is 5.32 Å². The highest BCUT2D eigenvalue weighted by Crippen LogP contribution is 2.23. The molecule has 0 spiro atoms. The fraction of sp³-hybridized carbons (Fsp3) is 0.676. The minimum atomic E-state index is -0.889. The first-order chi connectivity index (χ1) is 20.2. The van der Waals surface area contributed by atoms with E-state index in [2.05, 4.69) is 5.32 Å². The van der Waals surface area contributed by atoms with E-state index in [4.69, 9.17) is 4.74 Å². The third kappa shape index (κ3) is 11.2. The van der Waals surface area contributed by atoms with Crippen molar-refractivity contribution in [2.75, 3.05) is 21.1 Å². The van der Waals surface area contributed by atoms with Crippen molar-refractivity contribution in [1.29, 1.82) is 0 Å². The van der Waals surface area contributed by atoms with Gasteiger partial charge in [0.25, 0.3) is 5.91 Å². The molecule has 1 aromatic rings. The van der Waals surface area contributed by atoms with Gasteiger partial charge in [0.1, 0.15) is 29.8 Å². The summed E-state index contributed by atoms with van der Waals surface area (Å²) in [7, 11) is 4.70. The number of benzene rings is 1. The molecule has 0 aliphatic carbocycles. The van der Waals surface area contributed by atoms with Gasteiger partial charge in [0.15, 0.2) is 0 Å². The van der Waals surface area contributed by atoms with E-state index in [1.807, 2.05) is 41.5 Å². The van der Waals surface area contributed by atoms with Gasteiger partial charge < -0.3 is 24.8 Å². The van der Waals surface area contributed by atoms with Gasteiger partial charge >= 0.3 is 5.97 Å². The molecule has 4 amide bonds. The highest BCUT2D eigenvalue weighted by atomic mass is 16.6. The second-order valence-corrected chi connectivity index (χ2v) is 13.9. The molecule has 0 aliphatic heterocycles. The maximum absolute atomic E-state index is 14.1. The Balaban J connectivity index is 3.32. The van der Waals surface area contributed by atoms with E-state index in [-0.39, 0.29) is 35.5 Å². The van der Waals surface area contributed by atoms with E-state index in [1.54, 1.807) is 79.2 Å². The van der Waals surface area contributed by atoms with Gasteiger partial charge in [0, 0.05) is 26.7 Å². The molecule has 0 fully saturated rings. The predicted molar refractivity (Wildman–Crippen MR) is 173 cm³/mol. The summed E-state index contributed by atoms with van der Waals surface area (Å²) >= 11 is 0. The van der Waals surface area contributed by atoms with Crippen molar-refractivity contribution < 1.29 is 28.7 Å². The summed E-state index contributed by atoms with van der Waals surface area (Å²) < 4.78 is 5.63. The Morgan fingerprint density at radius 3 is 1.55 bits per heavy atom. The second kappa shape index (κ2) is 16.6. The second-order valence-electron chi connectivity index (χ2n) is 13.9. The number of amides is 4.